The van der Waals surface area contributed by atoms with E-state index in [1.165, 1.54) is 24.1 Å². The Balaban J connectivity index is 2.90. The molecule has 0 radical (unpaired) electrons. The largest absolute Gasteiger partial charge is 0.389 e. The summed E-state index contributed by atoms with van der Waals surface area (Å²) < 4.78 is 35.5. The van der Waals surface area contributed by atoms with Gasteiger partial charge in [0, 0.05) is 16.9 Å². The van der Waals surface area contributed by atoms with Gasteiger partial charge in [0.15, 0.2) is 0 Å². The second-order valence-corrected chi connectivity index (χ2v) is 7.69. The van der Waals surface area contributed by atoms with Crippen LogP contribution in [0, 0.1) is 12.7 Å². The highest BCUT2D eigenvalue weighted by Gasteiger charge is 2.13. The molecule has 0 aliphatic carbocycles. The molecule has 0 spiro atoms. The Bertz CT molecular complexity index is 524. The molecule has 1 atom stereocenters. The van der Waals surface area contributed by atoms with E-state index >= 15 is 0 Å². The van der Waals surface area contributed by atoms with Crippen LogP contribution in [-0.2, 0) is 9.84 Å². The van der Waals surface area contributed by atoms with E-state index in [2.05, 4.69) is 0 Å². The van der Waals surface area contributed by atoms with Crippen LogP contribution in [0.5, 0.6) is 0 Å². The zero-order chi connectivity index (χ0) is 13.9. The maximum absolute atomic E-state index is 13.4. The van der Waals surface area contributed by atoms with Crippen molar-refractivity contribution in [2.75, 3.05) is 17.8 Å². The summed E-state index contributed by atoms with van der Waals surface area (Å²) in [7, 11) is -3.00. The Hall–Kier alpha value is -0.590. The molecule has 6 heteroatoms. The minimum atomic E-state index is -3.00. The Morgan fingerprint density at radius 3 is 2.56 bits per heavy atom. The molecule has 0 saturated heterocycles. The lowest BCUT2D eigenvalue weighted by Crippen LogP contribution is -2.06. The lowest BCUT2D eigenvalue weighted by atomic mass is 10.1. The predicted molar refractivity (Wildman–Crippen MR) is 72.2 cm³/mol. The van der Waals surface area contributed by atoms with Gasteiger partial charge < -0.3 is 5.11 Å². The molecule has 1 N–H and O–H groups in total. The standard InChI is InChI=1S/C12H17FO3S2/c1-8-6-12(17-4-5-18(3,15)16)10(9(2)14)7-11(8)13/h6-7,9,14H,4-5H2,1-3H3/t9-/m1/s1. The Labute approximate surface area is 111 Å². The molecule has 3 nitrogen and oxygen atoms in total. The minimum Gasteiger partial charge on any atom is -0.389 e. The molecule has 0 bridgehead atoms. The number of halogens is 1. The SMILES string of the molecule is Cc1cc(SCCS(C)(=O)=O)c([C@@H](C)O)cc1F. The fourth-order valence-electron chi connectivity index (χ4n) is 1.42. The lowest BCUT2D eigenvalue weighted by molar-refractivity contribution is 0.196. The normalized spacial score (nSPS) is 13.6. The van der Waals surface area contributed by atoms with E-state index < -0.39 is 15.9 Å². The Morgan fingerprint density at radius 1 is 1.44 bits per heavy atom. The van der Waals surface area contributed by atoms with Gasteiger partial charge in [-0.05, 0) is 37.1 Å². The van der Waals surface area contributed by atoms with Crippen LogP contribution >= 0.6 is 11.8 Å². The van der Waals surface area contributed by atoms with E-state index in [0.29, 0.717) is 16.9 Å². The monoisotopic (exact) mass is 292 g/mol. The van der Waals surface area contributed by atoms with E-state index in [1.807, 2.05) is 0 Å². The van der Waals surface area contributed by atoms with Crippen molar-refractivity contribution in [1.82, 2.24) is 0 Å². The van der Waals surface area contributed by atoms with Crippen LogP contribution in [0.3, 0.4) is 0 Å². The topological polar surface area (TPSA) is 54.4 Å². The summed E-state index contributed by atoms with van der Waals surface area (Å²) >= 11 is 1.32. The fraction of sp³-hybridized carbons (Fsp3) is 0.500. The van der Waals surface area contributed by atoms with E-state index in [0.717, 1.165) is 4.90 Å². The molecule has 1 rings (SSSR count). The summed E-state index contributed by atoms with van der Waals surface area (Å²) in [5.41, 5.74) is 0.984. The van der Waals surface area contributed by atoms with Gasteiger partial charge in [-0.25, -0.2) is 12.8 Å². The number of sulfone groups is 1. The predicted octanol–water partition coefficient (Wildman–Crippen LogP) is 2.32. The number of thioether (sulfide) groups is 1. The number of hydrogen-bond acceptors (Lipinski definition) is 4. The molecule has 18 heavy (non-hydrogen) atoms. The zero-order valence-corrected chi connectivity index (χ0v) is 12.2. The molecule has 0 aliphatic heterocycles. The highest BCUT2D eigenvalue weighted by molar-refractivity contribution is 8.00. The Morgan fingerprint density at radius 2 is 2.06 bits per heavy atom. The molecule has 0 unspecified atom stereocenters. The summed E-state index contributed by atoms with van der Waals surface area (Å²) in [6, 6.07) is 2.95. The van der Waals surface area contributed by atoms with Crippen LogP contribution in [0.15, 0.2) is 17.0 Å². The molecule has 102 valence electrons. The second-order valence-electron chi connectivity index (χ2n) is 4.29. The van der Waals surface area contributed by atoms with Crippen molar-refractivity contribution in [2.24, 2.45) is 0 Å². The molecule has 0 fully saturated rings. The van der Waals surface area contributed by atoms with Crippen LogP contribution in [0.25, 0.3) is 0 Å². The van der Waals surface area contributed by atoms with Crippen molar-refractivity contribution in [1.29, 1.82) is 0 Å². The third-order valence-corrected chi connectivity index (χ3v) is 4.73. The molecule has 0 aliphatic rings. The first-order valence-electron chi connectivity index (χ1n) is 5.49. The molecule has 1 aromatic rings. The quantitative estimate of drug-likeness (QED) is 0.846. The maximum atomic E-state index is 13.4. The average molecular weight is 292 g/mol. The zero-order valence-electron chi connectivity index (χ0n) is 10.6. The maximum Gasteiger partial charge on any atom is 0.148 e. The van der Waals surface area contributed by atoms with E-state index in [4.69, 9.17) is 0 Å². The van der Waals surface area contributed by atoms with Gasteiger partial charge in [0.05, 0.1) is 11.9 Å². The van der Waals surface area contributed by atoms with E-state index in [1.54, 1.807) is 19.9 Å². The van der Waals surface area contributed by atoms with Gasteiger partial charge in [0.25, 0.3) is 0 Å². The van der Waals surface area contributed by atoms with Crippen molar-refractivity contribution in [3.8, 4) is 0 Å². The number of rotatable bonds is 5. The van der Waals surface area contributed by atoms with Crippen molar-refractivity contribution < 1.29 is 17.9 Å². The molecule has 0 amide bonds. The summed E-state index contributed by atoms with van der Waals surface area (Å²) in [6.07, 6.45) is 0.403. The summed E-state index contributed by atoms with van der Waals surface area (Å²) in [5, 5.41) is 9.58. The van der Waals surface area contributed by atoms with Gasteiger partial charge in [-0.3, -0.25) is 0 Å². The average Bonchev–Trinajstić information content (AvgIpc) is 2.20. The third kappa shape index (κ3) is 4.59. The number of aliphatic hydroxyl groups is 1. The molecule has 0 saturated carbocycles. The van der Waals surface area contributed by atoms with Gasteiger partial charge in [0.1, 0.15) is 15.7 Å². The number of benzene rings is 1. The smallest absolute Gasteiger partial charge is 0.148 e. The van der Waals surface area contributed by atoms with Gasteiger partial charge in [-0.2, -0.15) is 0 Å². The molecule has 0 aromatic heterocycles. The molecular weight excluding hydrogens is 275 g/mol. The highest BCUT2D eigenvalue weighted by atomic mass is 32.2. The van der Waals surface area contributed by atoms with Crippen molar-refractivity contribution in [2.45, 2.75) is 24.8 Å². The van der Waals surface area contributed by atoms with Crippen molar-refractivity contribution >= 4 is 21.6 Å². The molecule has 1 aromatic carbocycles. The van der Waals surface area contributed by atoms with Crippen molar-refractivity contribution in [3.05, 3.63) is 29.1 Å². The first kappa shape index (κ1) is 15.5. The number of hydrogen-bond donors (Lipinski definition) is 1. The van der Waals surface area contributed by atoms with Gasteiger partial charge in [-0.15, -0.1) is 11.8 Å². The first-order valence-corrected chi connectivity index (χ1v) is 8.54. The second kappa shape index (κ2) is 6.04. The summed E-state index contributed by atoms with van der Waals surface area (Å²) in [5.74, 6) is 0.0927. The van der Waals surface area contributed by atoms with E-state index in [-0.39, 0.29) is 11.6 Å². The van der Waals surface area contributed by atoms with Crippen LogP contribution in [0.4, 0.5) is 4.39 Å². The number of aryl methyl sites for hydroxylation is 1. The van der Waals surface area contributed by atoms with Crippen LogP contribution in [0.2, 0.25) is 0 Å². The summed E-state index contributed by atoms with van der Waals surface area (Å²) in [4.78, 5) is 0.729. The summed E-state index contributed by atoms with van der Waals surface area (Å²) in [6.45, 7) is 3.20. The van der Waals surface area contributed by atoms with E-state index in [9.17, 15) is 17.9 Å². The number of aliphatic hydroxyl groups excluding tert-OH is 1. The Kier molecular flexibility index (Phi) is 5.19. The molecule has 0 heterocycles. The van der Waals surface area contributed by atoms with Gasteiger partial charge >= 0.3 is 0 Å². The highest BCUT2D eigenvalue weighted by Crippen LogP contribution is 2.30. The van der Waals surface area contributed by atoms with Crippen LogP contribution in [0.1, 0.15) is 24.2 Å². The fourth-order valence-corrected chi connectivity index (χ4v) is 3.85. The lowest BCUT2D eigenvalue weighted by Gasteiger charge is -2.13. The molecular formula is C12H17FO3S2. The van der Waals surface area contributed by atoms with Crippen molar-refractivity contribution in [3.63, 3.8) is 0 Å². The van der Waals surface area contributed by atoms with Gasteiger partial charge in [-0.1, -0.05) is 0 Å². The first-order chi connectivity index (χ1) is 8.20. The third-order valence-electron chi connectivity index (χ3n) is 2.45. The van der Waals surface area contributed by atoms with Crippen LogP contribution < -0.4 is 0 Å². The van der Waals surface area contributed by atoms with Crippen LogP contribution in [-0.4, -0.2) is 31.3 Å². The minimum absolute atomic E-state index is 0.0628. The van der Waals surface area contributed by atoms with Gasteiger partial charge in [0.2, 0.25) is 0 Å².